The fourth-order valence-corrected chi connectivity index (χ4v) is 1.75. The zero-order valence-corrected chi connectivity index (χ0v) is 9.68. The number of hydrogen-bond donors (Lipinski definition) is 1. The van der Waals surface area contributed by atoms with Gasteiger partial charge in [0.15, 0.2) is 0 Å². The van der Waals surface area contributed by atoms with Crippen molar-refractivity contribution in [2.45, 2.75) is 12.5 Å². The molecular weight excluding hydrogens is 202 g/mol. The summed E-state index contributed by atoms with van der Waals surface area (Å²) in [6.45, 7) is 0.683. The average Bonchev–Trinajstić information content (AvgIpc) is 2.81. The van der Waals surface area contributed by atoms with Crippen LogP contribution in [0.4, 0.5) is 5.69 Å². The molecule has 1 aliphatic heterocycles. The highest BCUT2D eigenvalue weighted by Crippen LogP contribution is 2.27. The number of anilines is 1. The first-order chi connectivity index (χ1) is 7.68. The zero-order valence-electron chi connectivity index (χ0n) is 9.68. The van der Waals surface area contributed by atoms with Crippen LogP contribution in [0.25, 0.3) is 0 Å². The number of hydrogen-bond acceptors (Lipinski definition) is 3. The molecule has 2 rings (SSSR count). The quantitative estimate of drug-likeness (QED) is 0.845. The molecule has 1 N–H and O–H groups in total. The van der Waals surface area contributed by atoms with Gasteiger partial charge in [-0.05, 0) is 23.8 Å². The smallest absolute Gasteiger partial charge is 0.136 e. The van der Waals surface area contributed by atoms with Crippen LogP contribution in [-0.4, -0.2) is 25.8 Å². The molecule has 3 nitrogen and oxygen atoms in total. The van der Waals surface area contributed by atoms with E-state index in [2.05, 4.69) is 0 Å². The predicted octanol–water partition coefficient (Wildman–Crippen LogP) is 2.09. The SMILES string of the molecule is CN(C)c1ccc(C(O)C2=CCCO2)cc1. The van der Waals surface area contributed by atoms with Crippen LogP contribution in [-0.2, 0) is 4.74 Å². The third kappa shape index (κ3) is 2.19. The van der Waals surface area contributed by atoms with Gasteiger partial charge in [-0.2, -0.15) is 0 Å². The summed E-state index contributed by atoms with van der Waals surface area (Å²) in [5.74, 6) is 0.678. The summed E-state index contributed by atoms with van der Waals surface area (Å²) in [5, 5.41) is 10.0. The van der Waals surface area contributed by atoms with Crippen molar-refractivity contribution in [3.8, 4) is 0 Å². The average molecular weight is 219 g/mol. The van der Waals surface area contributed by atoms with Crippen LogP contribution >= 0.6 is 0 Å². The standard InChI is InChI=1S/C13H17NO2/c1-14(2)11-7-5-10(6-8-11)13(15)12-4-3-9-16-12/h4-8,13,15H,3,9H2,1-2H3. The van der Waals surface area contributed by atoms with Gasteiger partial charge in [0.05, 0.1) is 6.61 Å². The van der Waals surface area contributed by atoms with Crippen LogP contribution in [0.2, 0.25) is 0 Å². The number of benzene rings is 1. The highest BCUT2D eigenvalue weighted by atomic mass is 16.5. The van der Waals surface area contributed by atoms with E-state index in [1.54, 1.807) is 0 Å². The number of nitrogens with zero attached hydrogens (tertiary/aromatic N) is 1. The number of aliphatic hydroxyl groups is 1. The van der Waals surface area contributed by atoms with Crippen molar-refractivity contribution >= 4 is 5.69 Å². The van der Waals surface area contributed by atoms with Gasteiger partial charge in [0, 0.05) is 26.2 Å². The van der Waals surface area contributed by atoms with Crippen LogP contribution < -0.4 is 4.90 Å². The number of rotatable bonds is 3. The van der Waals surface area contributed by atoms with Crippen LogP contribution in [0.5, 0.6) is 0 Å². The Morgan fingerprint density at radius 1 is 1.25 bits per heavy atom. The van der Waals surface area contributed by atoms with Gasteiger partial charge in [0.1, 0.15) is 11.9 Å². The van der Waals surface area contributed by atoms with E-state index >= 15 is 0 Å². The predicted molar refractivity (Wildman–Crippen MR) is 64.4 cm³/mol. The minimum atomic E-state index is -0.626. The number of ether oxygens (including phenoxy) is 1. The van der Waals surface area contributed by atoms with Gasteiger partial charge in [-0.15, -0.1) is 0 Å². The number of aliphatic hydroxyl groups excluding tert-OH is 1. The minimum Gasteiger partial charge on any atom is -0.495 e. The summed E-state index contributed by atoms with van der Waals surface area (Å²) >= 11 is 0. The Morgan fingerprint density at radius 3 is 2.44 bits per heavy atom. The lowest BCUT2D eigenvalue weighted by atomic mass is 10.1. The molecule has 0 spiro atoms. The normalized spacial score (nSPS) is 16.6. The molecule has 1 aliphatic rings. The molecule has 0 bridgehead atoms. The van der Waals surface area contributed by atoms with E-state index in [0.29, 0.717) is 12.4 Å². The molecule has 0 amide bonds. The van der Waals surface area contributed by atoms with E-state index in [9.17, 15) is 5.11 Å². The summed E-state index contributed by atoms with van der Waals surface area (Å²) < 4.78 is 5.35. The maximum Gasteiger partial charge on any atom is 0.136 e. The highest BCUT2D eigenvalue weighted by molar-refractivity contribution is 5.46. The molecule has 16 heavy (non-hydrogen) atoms. The molecule has 1 atom stereocenters. The first-order valence-electron chi connectivity index (χ1n) is 5.46. The Bertz CT molecular complexity index is 381. The molecule has 0 aliphatic carbocycles. The Morgan fingerprint density at radius 2 is 1.94 bits per heavy atom. The molecule has 0 radical (unpaired) electrons. The first kappa shape index (κ1) is 11.0. The maximum absolute atomic E-state index is 10.0. The van der Waals surface area contributed by atoms with Crippen molar-refractivity contribution in [2.24, 2.45) is 0 Å². The van der Waals surface area contributed by atoms with Crippen LogP contribution in [0.3, 0.4) is 0 Å². The fraction of sp³-hybridized carbons (Fsp3) is 0.385. The second-order valence-corrected chi connectivity index (χ2v) is 4.13. The van der Waals surface area contributed by atoms with Crippen molar-refractivity contribution in [3.05, 3.63) is 41.7 Å². The second kappa shape index (κ2) is 4.58. The highest BCUT2D eigenvalue weighted by Gasteiger charge is 2.17. The summed E-state index contributed by atoms with van der Waals surface area (Å²) in [6, 6.07) is 7.85. The van der Waals surface area contributed by atoms with Crippen LogP contribution in [0.15, 0.2) is 36.1 Å². The molecule has 0 aromatic heterocycles. The summed E-state index contributed by atoms with van der Waals surface area (Å²) in [6.07, 6.45) is 2.21. The van der Waals surface area contributed by atoms with E-state index in [1.165, 1.54) is 0 Å². The third-order valence-electron chi connectivity index (χ3n) is 2.73. The van der Waals surface area contributed by atoms with Crippen molar-refractivity contribution < 1.29 is 9.84 Å². The van der Waals surface area contributed by atoms with E-state index in [-0.39, 0.29) is 0 Å². The fourth-order valence-electron chi connectivity index (χ4n) is 1.75. The van der Waals surface area contributed by atoms with E-state index in [4.69, 9.17) is 4.74 Å². The lowest BCUT2D eigenvalue weighted by molar-refractivity contribution is 0.119. The molecule has 86 valence electrons. The minimum absolute atomic E-state index is 0.626. The van der Waals surface area contributed by atoms with Gasteiger partial charge in [-0.3, -0.25) is 0 Å². The molecule has 1 aromatic rings. The van der Waals surface area contributed by atoms with Gasteiger partial charge in [0.25, 0.3) is 0 Å². The largest absolute Gasteiger partial charge is 0.495 e. The van der Waals surface area contributed by atoms with E-state index in [1.807, 2.05) is 49.3 Å². The monoisotopic (exact) mass is 219 g/mol. The molecule has 0 fully saturated rings. The summed E-state index contributed by atoms with van der Waals surface area (Å²) in [5.41, 5.74) is 2.00. The van der Waals surface area contributed by atoms with E-state index < -0.39 is 6.10 Å². The van der Waals surface area contributed by atoms with Gasteiger partial charge < -0.3 is 14.7 Å². The Labute approximate surface area is 96.0 Å². The van der Waals surface area contributed by atoms with E-state index in [0.717, 1.165) is 17.7 Å². The molecule has 0 saturated heterocycles. The lowest BCUT2D eigenvalue weighted by Gasteiger charge is -2.15. The summed E-state index contributed by atoms with van der Waals surface area (Å²) in [7, 11) is 3.99. The van der Waals surface area contributed by atoms with Gasteiger partial charge in [-0.25, -0.2) is 0 Å². The maximum atomic E-state index is 10.0. The van der Waals surface area contributed by atoms with Gasteiger partial charge in [-0.1, -0.05) is 12.1 Å². The van der Waals surface area contributed by atoms with Crippen molar-refractivity contribution in [3.63, 3.8) is 0 Å². The lowest BCUT2D eigenvalue weighted by Crippen LogP contribution is -2.09. The van der Waals surface area contributed by atoms with Gasteiger partial charge >= 0.3 is 0 Å². The molecular formula is C13H17NO2. The summed E-state index contributed by atoms with van der Waals surface area (Å²) in [4.78, 5) is 2.03. The molecule has 3 heteroatoms. The van der Waals surface area contributed by atoms with Crippen LogP contribution in [0, 0.1) is 0 Å². The Kier molecular flexibility index (Phi) is 3.15. The molecule has 1 unspecified atom stereocenters. The molecule has 1 aromatic carbocycles. The molecule has 1 heterocycles. The van der Waals surface area contributed by atoms with Gasteiger partial charge in [0.2, 0.25) is 0 Å². The van der Waals surface area contributed by atoms with Crippen molar-refractivity contribution in [2.75, 3.05) is 25.6 Å². The second-order valence-electron chi connectivity index (χ2n) is 4.13. The molecule has 0 saturated carbocycles. The van der Waals surface area contributed by atoms with Crippen molar-refractivity contribution in [1.29, 1.82) is 0 Å². The first-order valence-corrected chi connectivity index (χ1v) is 5.46. The topological polar surface area (TPSA) is 32.7 Å². The zero-order chi connectivity index (χ0) is 11.5. The third-order valence-corrected chi connectivity index (χ3v) is 2.73. The Hall–Kier alpha value is -1.48. The van der Waals surface area contributed by atoms with Crippen molar-refractivity contribution in [1.82, 2.24) is 0 Å². The van der Waals surface area contributed by atoms with Crippen LogP contribution in [0.1, 0.15) is 18.1 Å². The Balaban J connectivity index is 2.14.